The molecule has 1 aliphatic rings. The van der Waals surface area contributed by atoms with Gasteiger partial charge in [0, 0.05) is 19.1 Å². The van der Waals surface area contributed by atoms with Crippen LogP contribution in [0.5, 0.6) is 0 Å². The van der Waals surface area contributed by atoms with Crippen molar-refractivity contribution in [2.45, 2.75) is 25.9 Å². The van der Waals surface area contributed by atoms with E-state index in [-0.39, 0.29) is 5.82 Å². The molecule has 0 spiro atoms. The second-order valence-electron chi connectivity index (χ2n) is 4.86. The van der Waals surface area contributed by atoms with Crippen LogP contribution in [0.1, 0.15) is 18.9 Å². The number of nitrogens with zero attached hydrogens (tertiary/aromatic N) is 1. The zero-order chi connectivity index (χ0) is 12.4. The van der Waals surface area contributed by atoms with E-state index in [2.05, 4.69) is 27.8 Å². The van der Waals surface area contributed by atoms with Crippen LogP contribution in [0.25, 0.3) is 0 Å². The van der Waals surface area contributed by atoms with E-state index < -0.39 is 0 Å². The molecule has 1 heterocycles. The number of hydrogen-bond acceptors (Lipinski definition) is 2. The SMILES string of the molecule is CC1CC(CN)CN1Cc1ccc(F)c(Br)c1. The van der Waals surface area contributed by atoms with Gasteiger partial charge in [-0.3, -0.25) is 4.90 Å². The van der Waals surface area contributed by atoms with Crippen LogP contribution in [-0.4, -0.2) is 24.0 Å². The molecular formula is C13H18BrFN2. The number of likely N-dealkylation sites (tertiary alicyclic amines) is 1. The Kier molecular flexibility index (Phi) is 4.17. The van der Waals surface area contributed by atoms with E-state index in [4.69, 9.17) is 5.73 Å². The fraction of sp³-hybridized carbons (Fsp3) is 0.538. The maximum absolute atomic E-state index is 13.1. The number of rotatable bonds is 3. The Bertz CT molecular complexity index is 397. The Morgan fingerprint density at radius 3 is 2.88 bits per heavy atom. The van der Waals surface area contributed by atoms with Crippen molar-refractivity contribution >= 4 is 15.9 Å². The molecule has 2 atom stereocenters. The van der Waals surface area contributed by atoms with E-state index in [1.54, 1.807) is 0 Å². The maximum Gasteiger partial charge on any atom is 0.137 e. The van der Waals surface area contributed by atoms with Gasteiger partial charge < -0.3 is 5.73 Å². The third-order valence-corrected chi connectivity index (χ3v) is 4.10. The summed E-state index contributed by atoms with van der Waals surface area (Å²) in [6, 6.07) is 5.79. The number of hydrogen-bond donors (Lipinski definition) is 1. The van der Waals surface area contributed by atoms with Crippen molar-refractivity contribution in [3.8, 4) is 0 Å². The highest BCUT2D eigenvalue weighted by Crippen LogP contribution is 2.25. The van der Waals surface area contributed by atoms with Crippen LogP contribution >= 0.6 is 15.9 Å². The van der Waals surface area contributed by atoms with Crippen LogP contribution in [0.3, 0.4) is 0 Å². The van der Waals surface area contributed by atoms with Crippen LogP contribution in [0.2, 0.25) is 0 Å². The summed E-state index contributed by atoms with van der Waals surface area (Å²) in [5.41, 5.74) is 6.85. The number of benzene rings is 1. The van der Waals surface area contributed by atoms with Crippen molar-refractivity contribution in [1.29, 1.82) is 0 Å². The molecular weight excluding hydrogens is 283 g/mol. The molecule has 94 valence electrons. The van der Waals surface area contributed by atoms with Gasteiger partial charge in [-0.2, -0.15) is 0 Å². The van der Waals surface area contributed by atoms with Crippen molar-refractivity contribution in [2.24, 2.45) is 11.7 Å². The topological polar surface area (TPSA) is 29.3 Å². The van der Waals surface area contributed by atoms with E-state index >= 15 is 0 Å². The molecule has 1 aromatic carbocycles. The van der Waals surface area contributed by atoms with Gasteiger partial charge in [0.25, 0.3) is 0 Å². The average Bonchev–Trinajstić information content (AvgIpc) is 2.65. The summed E-state index contributed by atoms with van der Waals surface area (Å²) < 4.78 is 13.7. The van der Waals surface area contributed by atoms with Gasteiger partial charge in [0.2, 0.25) is 0 Å². The molecule has 2 rings (SSSR count). The smallest absolute Gasteiger partial charge is 0.137 e. The molecule has 0 aliphatic carbocycles. The molecule has 1 aromatic rings. The first-order valence-corrected chi connectivity index (χ1v) is 6.77. The highest BCUT2D eigenvalue weighted by atomic mass is 79.9. The molecule has 1 fully saturated rings. The second kappa shape index (κ2) is 5.46. The number of nitrogens with two attached hydrogens (primary N) is 1. The van der Waals surface area contributed by atoms with Crippen molar-refractivity contribution < 1.29 is 4.39 Å². The fourth-order valence-electron chi connectivity index (χ4n) is 2.48. The minimum absolute atomic E-state index is 0.206. The van der Waals surface area contributed by atoms with Gasteiger partial charge in [-0.1, -0.05) is 6.07 Å². The highest BCUT2D eigenvalue weighted by Gasteiger charge is 2.27. The molecule has 1 saturated heterocycles. The quantitative estimate of drug-likeness (QED) is 0.930. The lowest BCUT2D eigenvalue weighted by atomic mass is 10.1. The van der Waals surface area contributed by atoms with Gasteiger partial charge >= 0.3 is 0 Å². The molecule has 0 aromatic heterocycles. The minimum atomic E-state index is -0.206. The van der Waals surface area contributed by atoms with Gasteiger partial charge in [-0.25, -0.2) is 4.39 Å². The Labute approximate surface area is 110 Å². The van der Waals surface area contributed by atoms with Crippen LogP contribution < -0.4 is 5.73 Å². The summed E-state index contributed by atoms with van der Waals surface area (Å²) >= 11 is 3.22. The van der Waals surface area contributed by atoms with Crippen molar-refractivity contribution in [3.63, 3.8) is 0 Å². The summed E-state index contributed by atoms with van der Waals surface area (Å²) in [5, 5.41) is 0. The van der Waals surface area contributed by atoms with Crippen LogP contribution in [0, 0.1) is 11.7 Å². The van der Waals surface area contributed by atoms with Gasteiger partial charge in [0.1, 0.15) is 5.82 Å². The summed E-state index contributed by atoms with van der Waals surface area (Å²) in [6.07, 6.45) is 1.17. The molecule has 2 unspecified atom stereocenters. The van der Waals surface area contributed by atoms with Gasteiger partial charge in [-0.05, 0) is 59.4 Å². The summed E-state index contributed by atoms with van der Waals surface area (Å²) in [4.78, 5) is 2.41. The van der Waals surface area contributed by atoms with E-state index in [9.17, 15) is 4.39 Å². The summed E-state index contributed by atoms with van der Waals surface area (Å²) in [7, 11) is 0. The molecule has 17 heavy (non-hydrogen) atoms. The Morgan fingerprint density at radius 2 is 2.29 bits per heavy atom. The molecule has 1 aliphatic heterocycles. The predicted molar refractivity (Wildman–Crippen MR) is 71.1 cm³/mol. The number of halogens is 2. The molecule has 2 nitrogen and oxygen atoms in total. The van der Waals surface area contributed by atoms with Crippen LogP contribution in [0.15, 0.2) is 22.7 Å². The summed E-state index contributed by atoms with van der Waals surface area (Å²) in [6.45, 7) is 4.91. The van der Waals surface area contributed by atoms with Crippen molar-refractivity contribution in [1.82, 2.24) is 4.90 Å². The second-order valence-corrected chi connectivity index (χ2v) is 5.72. The first-order chi connectivity index (χ1) is 8.10. The van der Waals surface area contributed by atoms with E-state index in [1.165, 1.54) is 12.5 Å². The third-order valence-electron chi connectivity index (χ3n) is 3.49. The molecule has 4 heteroatoms. The predicted octanol–water partition coefficient (Wildman–Crippen LogP) is 2.76. The Morgan fingerprint density at radius 1 is 1.53 bits per heavy atom. The first kappa shape index (κ1) is 13.0. The van der Waals surface area contributed by atoms with Crippen molar-refractivity contribution in [3.05, 3.63) is 34.1 Å². The van der Waals surface area contributed by atoms with Gasteiger partial charge in [0.05, 0.1) is 4.47 Å². The summed E-state index contributed by atoms with van der Waals surface area (Å²) in [5.74, 6) is 0.400. The average molecular weight is 301 g/mol. The molecule has 0 amide bonds. The first-order valence-electron chi connectivity index (χ1n) is 5.98. The maximum atomic E-state index is 13.1. The standard InChI is InChI=1S/C13H18BrFN2/c1-9-4-11(6-16)8-17(9)7-10-2-3-13(15)12(14)5-10/h2-3,5,9,11H,4,6-8,16H2,1H3. The zero-order valence-electron chi connectivity index (χ0n) is 10.00. The minimum Gasteiger partial charge on any atom is -0.330 e. The van der Waals surface area contributed by atoms with Gasteiger partial charge in [0.15, 0.2) is 0 Å². The molecule has 0 radical (unpaired) electrons. The molecule has 0 bridgehead atoms. The van der Waals surface area contributed by atoms with E-state index in [0.29, 0.717) is 16.4 Å². The van der Waals surface area contributed by atoms with Crippen LogP contribution in [0.4, 0.5) is 4.39 Å². The zero-order valence-corrected chi connectivity index (χ0v) is 11.6. The highest BCUT2D eigenvalue weighted by molar-refractivity contribution is 9.10. The van der Waals surface area contributed by atoms with Crippen molar-refractivity contribution in [2.75, 3.05) is 13.1 Å². The normalized spacial score (nSPS) is 25.4. The largest absolute Gasteiger partial charge is 0.330 e. The lowest BCUT2D eigenvalue weighted by Gasteiger charge is -2.21. The Balaban J connectivity index is 2.03. The third kappa shape index (κ3) is 3.06. The van der Waals surface area contributed by atoms with E-state index in [1.807, 2.05) is 12.1 Å². The fourth-order valence-corrected chi connectivity index (χ4v) is 2.91. The van der Waals surface area contributed by atoms with E-state index in [0.717, 1.165) is 25.2 Å². The molecule has 0 saturated carbocycles. The molecule has 2 N–H and O–H groups in total. The monoisotopic (exact) mass is 300 g/mol. The lowest BCUT2D eigenvalue weighted by molar-refractivity contribution is 0.256. The van der Waals surface area contributed by atoms with Crippen LogP contribution in [-0.2, 0) is 6.54 Å². The lowest BCUT2D eigenvalue weighted by Crippen LogP contribution is -2.27. The van der Waals surface area contributed by atoms with Gasteiger partial charge in [-0.15, -0.1) is 0 Å². The Hall–Kier alpha value is -0.450.